The monoisotopic (exact) mass is 272 g/mol. The summed E-state index contributed by atoms with van der Waals surface area (Å²) in [4.78, 5) is 4.49. The van der Waals surface area contributed by atoms with Crippen LogP contribution < -0.4 is 10.1 Å². The Kier molecular flexibility index (Phi) is 3.54. The second-order valence-corrected chi connectivity index (χ2v) is 4.98. The Morgan fingerprint density at radius 2 is 2.25 bits per heavy atom. The molecule has 2 aromatic rings. The van der Waals surface area contributed by atoms with E-state index in [-0.39, 0.29) is 11.9 Å². The van der Waals surface area contributed by atoms with Crippen LogP contribution in [-0.4, -0.2) is 12.1 Å². The van der Waals surface area contributed by atoms with Crippen LogP contribution >= 0.6 is 0 Å². The van der Waals surface area contributed by atoms with Crippen molar-refractivity contribution in [2.45, 2.75) is 25.3 Å². The normalized spacial score (nSPS) is 17.4. The van der Waals surface area contributed by atoms with Crippen molar-refractivity contribution < 1.29 is 9.13 Å². The second-order valence-electron chi connectivity index (χ2n) is 4.98. The predicted molar refractivity (Wildman–Crippen MR) is 76.5 cm³/mol. The Balaban J connectivity index is 1.89. The number of nitrogens with one attached hydrogen (secondary N) is 1. The Morgan fingerprint density at radius 3 is 3.10 bits per heavy atom. The SMILES string of the molecule is COc1cc(F)ccc1NC1CCCc2cccnc21. The molecule has 1 N–H and O–H groups in total. The van der Waals surface area contributed by atoms with Crippen LogP contribution in [0.3, 0.4) is 0 Å². The summed E-state index contributed by atoms with van der Waals surface area (Å²) >= 11 is 0. The van der Waals surface area contributed by atoms with Gasteiger partial charge in [-0.1, -0.05) is 6.07 Å². The molecule has 0 fully saturated rings. The van der Waals surface area contributed by atoms with E-state index in [9.17, 15) is 4.39 Å². The summed E-state index contributed by atoms with van der Waals surface area (Å²) in [6.07, 6.45) is 5.03. The van der Waals surface area contributed by atoms with E-state index in [0.29, 0.717) is 5.75 Å². The van der Waals surface area contributed by atoms with Crippen molar-refractivity contribution in [3.8, 4) is 5.75 Å². The molecule has 1 aliphatic carbocycles. The molecule has 0 bridgehead atoms. The zero-order valence-corrected chi connectivity index (χ0v) is 11.4. The van der Waals surface area contributed by atoms with E-state index in [1.165, 1.54) is 17.7 Å². The van der Waals surface area contributed by atoms with E-state index < -0.39 is 0 Å². The molecule has 1 heterocycles. The van der Waals surface area contributed by atoms with Crippen LogP contribution in [0.25, 0.3) is 0 Å². The van der Waals surface area contributed by atoms with Crippen molar-refractivity contribution in [3.05, 3.63) is 53.6 Å². The van der Waals surface area contributed by atoms with Gasteiger partial charge in [-0.15, -0.1) is 0 Å². The maximum Gasteiger partial charge on any atom is 0.144 e. The van der Waals surface area contributed by atoms with E-state index in [1.807, 2.05) is 12.3 Å². The number of hydrogen-bond acceptors (Lipinski definition) is 3. The molecule has 4 heteroatoms. The third-order valence-corrected chi connectivity index (χ3v) is 3.69. The Labute approximate surface area is 117 Å². The molecule has 3 rings (SSSR count). The zero-order chi connectivity index (χ0) is 13.9. The van der Waals surface area contributed by atoms with E-state index in [1.54, 1.807) is 13.2 Å². The zero-order valence-electron chi connectivity index (χ0n) is 11.4. The molecule has 0 amide bonds. The molecule has 1 aliphatic rings. The minimum atomic E-state index is -0.297. The van der Waals surface area contributed by atoms with Crippen LogP contribution in [0.15, 0.2) is 36.5 Å². The number of benzene rings is 1. The van der Waals surface area contributed by atoms with Gasteiger partial charge in [0, 0.05) is 12.3 Å². The fourth-order valence-corrected chi connectivity index (χ4v) is 2.72. The summed E-state index contributed by atoms with van der Waals surface area (Å²) < 4.78 is 18.5. The third-order valence-electron chi connectivity index (χ3n) is 3.69. The lowest BCUT2D eigenvalue weighted by molar-refractivity contribution is 0.412. The number of hydrogen-bond donors (Lipinski definition) is 1. The lowest BCUT2D eigenvalue weighted by atomic mass is 9.92. The number of ether oxygens (including phenoxy) is 1. The van der Waals surface area contributed by atoms with Gasteiger partial charge >= 0.3 is 0 Å². The molecule has 104 valence electrons. The lowest BCUT2D eigenvalue weighted by Crippen LogP contribution is -2.19. The molecule has 0 saturated carbocycles. The van der Waals surface area contributed by atoms with Crippen molar-refractivity contribution in [2.75, 3.05) is 12.4 Å². The van der Waals surface area contributed by atoms with Crippen LogP contribution in [0.2, 0.25) is 0 Å². The van der Waals surface area contributed by atoms with Gasteiger partial charge in [0.25, 0.3) is 0 Å². The lowest BCUT2D eigenvalue weighted by Gasteiger charge is -2.26. The predicted octanol–water partition coefficient (Wildman–Crippen LogP) is 3.72. The standard InChI is InChI=1S/C16H17FN2O/c1-20-15-10-12(17)7-8-13(15)19-14-6-2-4-11-5-3-9-18-16(11)14/h3,5,7-10,14,19H,2,4,6H2,1H3. The molecule has 1 aromatic heterocycles. The van der Waals surface area contributed by atoms with E-state index in [2.05, 4.69) is 16.4 Å². The Morgan fingerprint density at radius 1 is 1.35 bits per heavy atom. The first-order chi connectivity index (χ1) is 9.78. The molecule has 1 atom stereocenters. The van der Waals surface area contributed by atoms with Crippen LogP contribution in [0.4, 0.5) is 10.1 Å². The second kappa shape index (κ2) is 5.49. The van der Waals surface area contributed by atoms with Crippen molar-refractivity contribution >= 4 is 5.69 Å². The van der Waals surface area contributed by atoms with Gasteiger partial charge in [0.2, 0.25) is 0 Å². The number of aryl methyl sites for hydroxylation is 1. The number of rotatable bonds is 3. The molecular weight excluding hydrogens is 255 g/mol. The van der Waals surface area contributed by atoms with Gasteiger partial charge in [-0.3, -0.25) is 4.98 Å². The number of nitrogens with zero attached hydrogens (tertiary/aromatic N) is 1. The number of anilines is 1. The van der Waals surface area contributed by atoms with Gasteiger partial charge in [0.05, 0.1) is 24.5 Å². The van der Waals surface area contributed by atoms with Gasteiger partial charge in [-0.25, -0.2) is 4.39 Å². The highest BCUT2D eigenvalue weighted by Gasteiger charge is 2.22. The molecule has 0 aliphatic heterocycles. The number of halogens is 1. The van der Waals surface area contributed by atoms with Gasteiger partial charge in [0.1, 0.15) is 11.6 Å². The van der Waals surface area contributed by atoms with Gasteiger partial charge in [-0.05, 0) is 43.0 Å². The first-order valence-corrected chi connectivity index (χ1v) is 6.82. The highest BCUT2D eigenvalue weighted by atomic mass is 19.1. The molecule has 1 unspecified atom stereocenters. The minimum absolute atomic E-state index is 0.152. The summed E-state index contributed by atoms with van der Waals surface area (Å²) in [5, 5.41) is 3.43. The molecule has 1 aromatic carbocycles. The van der Waals surface area contributed by atoms with Crippen LogP contribution in [0.5, 0.6) is 5.75 Å². The number of fused-ring (bicyclic) bond motifs is 1. The van der Waals surface area contributed by atoms with E-state index >= 15 is 0 Å². The summed E-state index contributed by atoms with van der Waals surface area (Å²) in [5.41, 5.74) is 3.18. The summed E-state index contributed by atoms with van der Waals surface area (Å²) in [7, 11) is 1.55. The topological polar surface area (TPSA) is 34.1 Å². The molecule has 3 nitrogen and oxygen atoms in total. The van der Waals surface area contributed by atoms with Crippen LogP contribution in [0, 0.1) is 5.82 Å². The highest BCUT2D eigenvalue weighted by Crippen LogP contribution is 2.34. The molecule has 20 heavy (non-hydrogen) atoms. The Bertz CT molecular complexity index is 615. The molecule has 0 spiro atoms. The van der Waals surface area contributed by atoms with Crippen LogP contribution in [-0.2, 0) is 6.42 Å². The number of aromatic nitrogens is 1. The summed E-state index contributed by atoms with van der Waals surface area (Å²) in [6.45, 7) is 0. The first-order valence-electron chi connectivity index (χ1n) is 6.82. The number of methoxy groups -OCH3 is 1. The molecular formula is C16H17FN2O. The van der Waals surface area contributed by atoms with Crippen molar-refractivity contribution in [3.63, 3.8) is 0 Å². The van der Waals surface area contributed by atoms with E-state index in [4.69, 9.17) is 4.74 Å². The molecule has 0 saturated heterocycles. The van der Waals surface area contributed by atoms with Crippen molar-refractivity contribution in [1.82, 2.24) is 4.98 Å². The van der Waals surface area contributed by atoms with Gasteiger partial charge < -0.3 is 10.1 Å². The minimum Gasteiger partial charge on any atom is -0.494 e. The molecule has 0 radical (unpaired) electrons. The van der Waals surface area contributed by atoms with Crippen molar-refractivity contribution in [2.24, 2.45) is 0 Å². The van der Waals surface area contributed by atoms with Crippen molar-refractivity contribution in [1.29, 1.82) is 0 Å². The fraction of sp³-hybridized carbons (Fsp3) is 0.312. The Hall–Kier alpha value is -2.10. The third kappa shape index (κ3) is 2.46. The quantitative estimate of drug-likeness (QED) is 0.924. The maximum absolute atomic E-state index is 13.2. The summed E-state index contributed by atoms with van der Waals surface area (Å²) in [5.74, 6) is 0.225. The average Bonchev–Trinajstić information content (AvgIpc) is 2.49. The van der Waals surface area contributed by atoms with E-state index in [0.717, 1.165) is 30.6 Å². The first kappa shape index (κ1) is 12.9. The smallest absolute Gasteiger partial charge is 0.144 e. The number of pyridine rings is 1. The summed E-state index contributed by atoms with van der Waals surface area (Å²) in [6, 6.07) is 8.79. The maximum atomic E-state index is 13.2. The fourth-order valence-electron chi connectivity index (χ4n) is 2.72. The van der Waals surface area contributed by atoms with Gasteiger partial charge in [0.15, 0.2) is 0 Å². The van der Waals surface area contributed by atoms with Crippen LogP contribution in [0.1, 0.15) is 30.1 Å². The van der Waals surface area contributed by atoms with Gasteiger partial charge in [-0.2, -0.15) is 0 Å². The largest absolute Gasteiger partial charge is 0.494 e. The highest BCUT2D eigenvalue weighted by molar-refractivity contribution is 5.57. The average molecular weight is 272 g/mol.